The molecule has 0 bridgehead atoms. The predicted octanol–water partition coefficient (Wildman–Crippen LogP) is 2.45. The summed E-state index contributed by atoms with van der Waals surface area (Å²) in [5, 5.41) is 3.26. The van der Waals surface area contributed by atoms with Gasteiger partial charge in [-0.15, -0.1) is 0 Å². The van der Waals surface area contributed by atoms with Crippen molar-refractivity contribution < 1.29 is 4.79 Å². The molecule has 0 radical (unpaired) electrons. The van der Waals surface area contributed by atoms with E-state index in [-0.39, 0.29) is 0 Å². The molecule has 0 aliphatic heterocycles. The molecule has 0 fully saturated rings. The molecule has 0 saturated heterocycles. The maximum atomic E-state index is 10.1. The summed E-state index contributed by atoms with van der Waals surface area (Å²) in [6, 6.07) is 7.39. The predicted molar refractivity (Wildman–Crippen MR) is 54.3 cm³/mol. The number of allylic oxidation sites excluding steroid dienone is 1. The minimum absolute atomic E-state index is 0.655. The molecule has 2 nitrogen and oxygen atoms in total. The smallest absolute Gasteiger partial charge is 0.211 e. The standard InChI is InChI=1S/C10H10ClNO/c1-8(12-7-13)6-9-2-4-10(11)5-3-9/h2-7H,1H3,(H,12,13)/b8-6-. The summed E-state index contributed by atoms with van der Waals surface area (Å²) in [7, 11) is 0. The van der Waals surface area contributed by atoms with E-state index in [9.17, 15) is 4.79 Å². The Morgan fingerprint density at radius 3 is 2.54 bits per heavy atom. The number of hydrogen-bond donors (Lipinski definition) is 1. The number of hydrogen-bond acceptors (Lipinski definition) is 1. The van der Waals surface area contributed by atoms with Crippen LogP contribution < -0.4 is 5.32 Å². The Morgan fingerprint density at radius 2 is 2.00 bits per heavy atom. The molecule has 1 aromatic carbocycles. The average molecular weight is 196 g/mol. The summed E-state index contributed by atoms with van der Waals surface area (Å²) < 4.78 is 0. The van der Waals surface area contributed by atoms with E-state index >= 15 is 0 Å². The molecule has 0 aromatic heterocycles. The first-order valence-corrected chi connectivity index (χ1v) is 4.24. The van der Waals surface area contributed by atoms with Gasteiger partial charge >= 0.3 is 0 Å². The van der Waals surface area contributed by atoms with Gasteiger partial charge in [0.15, 0.2) is 0 Å². The summed E-state index contributed by atoms with van der Waals surface area (Å²) in [4.78, 5) is 10.1. The number of nitrogens with one attached hydrogen (secondary N) is 1. The van der Waals surface area contributed by atoms with Crippen molar-refractivity contribution >= 4 is 24.1 Å². The number of carbonyl (C=O) groups excluding carboxylic acids is 1. The molecule has 68 valence electrons. The minimum Gasteiger partial charge on any atom is -0.333 e. The van der Waals surface area contributed by atoms with Crippen molar-refractivity contribution in [2.24, 2.45) is 0 Å². The molecule has 3 heteroatoms. The van der Waals surface area contributed by atoms with Crippen LogP contribution in [0.4, 0.5) is 0 Å². The maximum absolute atomic E-state index is 10.1. The highest BCUT2D eigenvalue weighted by Gasteiger charge is 1.90. The third-order valence-electron chi connectivity index (χ3n) is 1.54. The van der Waals surface area contributed by atoms with Crippen molar-refractivity contribution in [3.63, 3.8) is 0 Å². The zero-order valence-electron chi connectivity index (χ0n) is 7.25. The lowest BCUT2D eigenvalue weighted by Crippen LogP contribution is -2.06. The fourth-order valence-corrected chi connectivity index (χ4v) is 1.07. The van der Waals surface area contributed by atoms with Gasteiger partial charge in [0.2, 0.25) is 6.41 Å². The Labute approximate surface area is 82.2 Å². The highest BCUT2D eigenvalue weighted by Crippen LogP contribution is 2.11. The van der Waals surface area contributed by atoms with Gasteiger partial charge in [-0.3, -0.25) is 4.79 Å². The van der Waals surface area contributed by atoms with Gasteiger partial charge in [0.1, 0.15) is 0 Å². The largest absolute Gasteiger partial charge is 0.333 e. The maximum Gasteiger partial charge on any atom is 0.211 e. The van der Waals surface area contributed by atoms with Crippen molar-refractivity contribution in [2.45, 2.75) is 6.92 Å². The molecule has 1 aromatic rings. The van der Waals surface area contributed by atoms with Gasteiger partial charge in [-0.25, -0.2) is 0 Å². The van der Waals surface area contributed by atoms with Crippen LogP contribution in [0.3, 0.4) is 0 Å². The molecule has 0 aliphatic carbocycles. The molecular weight excluding hydrogens is 186 g/mol. The van der Waals surface area contributed by atoms with Gasteiger partial charge in [0, 0.05) is 10.7 Å². The Kier molecular flexibility index (Phi) is 3.53. The van der Waals surface area contributed by atoms with E-state index in [1.807, 2.05) is 37.3 Å². The number of halogens is 1. The average Bonchev–Trinajstić information content (AvgIpc) is 2.09. The van der Waals surface area contributed by atoms with E-state index in [4.69, 9.17) is 11.6 Å². The fraction of sp³-hybridized carbons (Fsp3) is 0.100. The third kappa shape index (κ3) is 3.30. The van der Waals surface area contributed by atoms with Gasteiger partial charge < -0.3 is 5.32 Å². The van der Waals surface area contributed by atoms with Gasteiger partial charge in [-0.2, -0.15) is 0 Å². The van der Waals surface area contributed by atoms with Crippen molar-refractivity contribution in [1.29, 1.82) is 0 Å². The number of rotatable bonds is 3. The lowest BCUT2D eigenvalue weighted by atomic mass is 10.2. The van der Waals surface area contributed by atoms with Crippen LogP contribution in [0.15, 0.2) is 30.0 Å². The van der Waals surface area contributed by atoms with Crippen molar-refractivity contribution in [2.75, 3.05) is 0 Å². The summed E-state index contributed by atoms with van der Waals surface area (Å²) in [5.74, 6) is 0. The second-order valence-electron chi connectivity index (χ2n) is 2.64. The molecule has 1 amide bonds. The summed E-state index contributed by atoms with van der Waals surface area (Å²) in [6.07, 6.45) is 2.52. The third-order valence-corrected chi connectivity index (χ3v) is 1.79. The Morgan fingerprint density at radius 1 is 1.38 bits per heavy atom. The minimum atomic E-state index is 0.655. The zero-order valence-corrected chi connectivity index (χ0v) is 8.01. The van der Waals surface area contributed by atoms with Crippen LogP contribution >= 0.6 is 11.6 Å². The highest BCUT2D eigenvalue weighted by atomic mass is 35.5. The molecule has 0 saturated carbocycles. The molecule has 0 unspecified atom stereocenters. The van der Waals surface area contributed by atoms with E-state index in [0.717, 1.165) is 11.3 Å². The molecule has 13 heavy (non-hydrogen) atoms. The summed E-state index contributed by atoms with van der Waals surface area (Å²) in [6.45, 7) is 1.82. The summed E-state index contributed by atoms with van der Waals surface area (Å²) >= 11 is 5.72. The monoisotopic (exact) mass is 195 g/mol. The molecule has 0 spiro atoms. The molecular formula is C10H10ClNO. The van der Waals surface area contributed by atoms with Crippen LogP contribution in [0.1, 0.15) is 12.5 Å². The Hall–Kier alpha value is -1.28. The van der Waals surface area contributed by atoms with E-state index in [1.54, 1.807) is 0 Å². The van der Waals surface area contributed by atoms with Crippen LogP contribution in [-0.2, 0) is 4.79 Å². The number of amides is 1. The van der Waals surface area contributed by atoms with Gasteiger partial charge in [0.05, 0.1) is 0 Å². The lowest BCUT2D eigenvalue weighted by molar-refractivity contribution is -0.108. The molecule has 0 atom stereocenters. The van der Waals surface area contributed by atoms with E-state index in [0.29, 0.717) is 11.4 Å². The van der Waals surface area contributed by atoms with Crippen LogP contribution in [-0.4, -0.2) is 6.41 Å². The zero-order chi connectivity index (χ0) is 9.68. The first-order chi connectivity index (χ1) is 6.22. The first kappa shape index (κ1) is 9.81. The van der Waals surface area contributed by atoms with E-state index < -0.39 is 0 Å². The first-order valence-electron chi connectivity index (χ1n) is 3.86. The number of carbonyl (C=O) groups is 1. The normalized spacial score (nSPS) is 11.1. The van der Waals surface area contributed by atoms with Gasteiger partial charge in [0.25, 0.3) is 0 Å². The SMILES string of the molecule is C/C(=C/c1ccc(Cl)cc1)NC=O. The van der Waals surface area contributed by atoms with Gasteiger partial charge in [-0.1, -0.05) is 23.7 Å². The van der Waals surface area contributed by atoms with Crippen molar-refractivity contribution in [3.8, 4) is 0 Å². The second kappa shape index (κ2) is 4.67. The second-order valence-corrected chi connectivity index (χ2v) is 3.08. The molecule has 0 aliphatic rings. The topological polar surface area (TPSA) is 29.1 Å². The molecule has 0 heterocycles. The van der Waals surface area contributed by atoms with E-state index in [1.165, 1.54) is 0 Å². The van der Waals surface area contributed by atoms with E-state index in [2.05, 4.69) is 5.32 Å². The summed E-state index contributed by atoms with van der Waals surface area (Å²) in [5.41, 5.74) is 1.81. The van der Waals surface area contributed by atoms with Crippen LogP contribution in [0.2, 0.25) is 5.02 Å². The Bertz CT molecular complexity index is 316. The lowest BCUT2D eigenvalue weighted by Gasteiger charge is -1.98. The van der Waals surface area contributed by atoms with Crippen LogP contribution in [0, 0.1) is 0 Å². The quantitative estimate of drug-likeness (QED) is 0.738. The van der Waals surface area contributed by atoms with Crippen molar-refractivity contribution in [1.82, 2.24) is 5.32 Å². The fourth-order valence-electron chi connectivity index (χ4n) is 0.944. The number of benzene rings is 1. The molecule has 1 N–H and O–H groups in total. The van der Waals surface area contributed by atoms with Crippen LogP contribution in [0.25, 0.3) is 6.08 Å². The molecule has 1 rings (SSSR count). The Balaban J connectivity index is 2.78. The highest BCUT2D eigenvalue weighted by molar-refractivity contribution is 6.30. The van der Waals surface area contributed by atoms with Crippen molar-refractivity contribution in [3.05, 3.63) is 40.5 Å². The van der Waals surface area contributed by atoms with Crippen LogP contribution in [0.5, 0.6) is 0 Å². The van der Waals surface area contributed by atoms with Gasteiger partial charge in [-0.05, 0) is 30.7 Å².